The first-order chi connectivity index (χ1) is 8.90. The molecule has 19 heavy (non-hydrogen) atoms. The van der Waals surface area contributed by atoms with Crippen molar-refractivity contribution in [3.63, 3.8) is 0 Å². The van der Waals surface area contributed by atoms with Crippen LogP contribution in [-0.2, 0) is 6.42 Å². The van der Waals surface area contributed by atoms with E-state index in [4.69, 9.17) is 4.42 Å². The van der Waals surface area contributed by atoms with E-state index in [-0.39, 0.29) is 5.54 Å². The molecule has 0 amide bonds. The van der Waals surface area contributed by atoms with Gasteiger partial charge in [-0.3, -0.25) is 10.3 Å². The zero-order valence-corrected chi connectivity index (χ0v) is 11.7. The molecule has 5 heteroatoms. The highest BCUT2D eigenvalue weighted by atomic mass is 16.5. The number of hydroxylamine groups is 2. The fourth-order valence-corrected chi connectivity index (χ4v) is 1.50. The molecular formula is C14H19N3O2. The highest BCUT2D eigenvalue weighted by Crippen LogP contribution is 2.17. The minimum Gasteiger partial charge on any atom is -0.458 e. The lowest BCUT2D eigenvalue weighted by Gasteiger charge is -2.27. The highest BCUT2D eigenvalue weighted by molar-refractivity contribution is 6.09. The second-order valence-corrected chi connectivity index (χ2v) is 5.38. The van der Waals surface area contributed by atoms with Gasteiger partial charge in [0.05, 0.1) is 18.0 Å². The van der Waals surface area contributed by atoms with E-state index in [0.717, 1.165) is 17.2 Å². The number of aryl methyl sites for hydroxylation is 1. The molecule has 1 aliphatic rings. The first kappa shape index (κ1) is 13.5. The molecule has 0 spiro atoms. The second-order valence-electron chi connectivity index (χ2n) is 5.38. The fraction of sp³-hybridized carbons (Fsp3) is 0.429. The van der Waals surface area contributed by atoms with Crippen LogP contribution in [0.4, 0.5) is 0 Å². The molecule has 0 aliphatic carbocycles. The predicted molar refractivity (Wildman–Crippen MR) is 74.6 cm³/mol. The third kappa shape index (κ3) is 3.12. The molecule has 0 saturated heterocycles. The Kier molecular flexibility index (Phi) is 3.57. The van der Waals surface area contributed by atoms with Gasteiger partial charge >= 0.3 is 0 Å². The van der Waals surface area contributed by atoms with E-state index in [1.807, 2.05) is 39.8 Å². The predicted octanol–water partition coefficient (Wildman–Crippen LogP) is 3.00. The third-order valence-corrected chi connectivity index (χ3v) is 2.73. The minimum absolute atomic E-state index is 0.376. The van der Waals surface area contributed by atoms with E-state index in [2.05, 4.69) is 9.98 Å². The summed E-state index contributed by atoms with van der Waals surface area (Å²) in [6.07, 6.45) is 4.01. The number of nitrogens with zero attached hydrogens (tertiary/aromatic N) is 3. The summed E-state index contributed by atoms with van der Waals surface area (Å²) in [6.45, 7) is 7.74. The van der Waals surface area contributed by atoms with Crippen LogP contribution in [0.1, 0.15) is 39.2 Å². The molecule has 0 saturated carbocycles. The smallest absolute Gasteiger partial charge is 0.196 e. The summed E-state index contributed by atoms with van der Waals surface area (Å²) < 4.78 is 5.59. The van der Waals surface area contributed by atoms with Crippen LogP contribution in [-0.4, -0.2) is 27.9 Å². The lowest BCUT2D eigenvalue weighted by molar-refractivity contribution is -0.110. The minimum atomic E-state index is -0.376. The SMILES string of the molecule is CCc1ccc(C2=NC(=CN(O)C(C)(C)C)C=N2)o1. The number of amidine groups is 1. The normalized spacial score (nSPS) is 17.1. The van der Waals surface area contributed by atoms with Crippen LogP contribution in [0.15, 0.2) is 38.4 Å². The van der Waals surface area contributed by atoms with Crippen molar-refractivity contribution in [2.45, 2.75) is 39.7 Å². The van der Waals surface area contributed by atoms with Gasteiger partial charge in [0.15, 0.2) is 11.6 Å². The molecule has 0 bridgehead atoms. The Morgan fingerprint density at radius 2 is 2.11 bits per heavy atom. The van der Waals surface area contributed by atoms with Crippen LogP contribution in [0.2, 0.25) is 0 Å². The van der Waals surface area contributed by atoms with Crippen molar-refractivity contribution in [1.82, 2.24) is 5.06 Å². The Bertz CT molecular complexity index is 547. The molecule has 5 nitrogen and oxygen atoms in total. The number of hydrogen-bond acceptors (Lipinski definition) is 5. The van der Waals surface area contributed by atoms with Gasteiger partial charge in [0.25, 0.3) is 0 Å². The molecule has 0 atom stereocenters. The first-order valence-electron chi connectivity index (χ1n) is 6.32. The molecule has 1 aromatic heterocycles. The van der Waals surface area contributed by atoms with Crippen molar-refractivity contribution in [2.24, 2.45) is 9.98 Å². The topological polar surface area (TPSA) is 61.3 Å². The Balaban J connectivity index is 2.18. The molecule has 102 valence electrons. The van der Waals surface area contributed by atoms with Gasteiger partial charge in [-0.1, -0.05) is 6.92 Å². The second kappa shape index (κ2) is 5.01. The van der Waals surface area contributed by atoms with Crippen molar-refractivity contribution in [2.75, 3.05) is 0 Å². The standard InChI is InChI=1S/C14H19N3O2/c1-5-11-6-7-12(19-11)13-15-8-10(16-13)9-17(18)14(2,3)4/h6-9,18H,5H2,1-4H3. The van der Waals surface area contributed by atoms with Gasteiger partial charge in [0.1, 0.15) is 11.5 Å². The summed E-state index contributed by atoms with van der Waals surface area (Å²) in [5.41, 5.74) is 0.223. The maximum absolute atomic E-state index is 9.85. The molecule has 0 unspecified atom stereocenters. The number of rotatable bonds is 3. The number of hydrogen-bond donors (Lipinski definition) is 1. The summed E-state index contributed by atoms with van der Waals surface area (Å²) in [7, 11) is 0. The van der Waals surface area contributed by atoms with Crippen molar-refractivity contribution in [3.05, 3.63) is 35.6 Å². The van der Waals surface area contributed by atoms with Crippen molar-refractivity contribution >= 4 is 12.1 Å². The quantitative estimate of drug-likeness (QED) is 0.851. The van der Waals surface area contributed by atoms with Gasteiger partial charge < -0.3 is 4.42 Å². The molecule has 1 N–H and O–H groups in total. The molecule has 1 aliphatic heterocycles. The van der Waals surface area contributed by atoms with Gasteiger partial charge in [-0.2, -0.15) is 0 Å². The Hall–Kier alpha value is -1.88. The maximum Gasteiger partial charge on any atom is 0.196 e. The van der Waals surface area contributed by atoms with Crippen molar-refractivity contribution < 1.29 is 9.62 Å². The van der Waals surface area contributed by atoms with Gasteiger partial charge in [0.2, 0.25) is 0 Å². The Morgan fingerprint density at radius 1 is 1.37 bits per heavy atom. The summed E-state index contributed by atoms with van der Waals surface area (Å²) >= 11 is 0. The lowest BCUT2D eigenvalue weighted by atomic mass is 10.1. The molecular weight excluding hydrogens is 242 g/mol. The average molecular weight is 261 g/mol. The molecule has 2 rings (SSSR count). The van der Waals surface area contributed by atoms with Crippen LogP contribution >= 0.6 is 0 Å². The highest BCUT2D eigenvalue weighted by Gasteiger charge is 2.18. The van der Waals surface area contributed by atoms with E-state index in [0.29, 0.717) is 17.3 Å². The average Bonchev–Trinajstić information content (AvgIpc) is 2.95. The summed E-state index contributed by atoms with van der Waals surface area (Å²) in [5, 5.41) is 11.0. The third-order valence-electron chi connectivity index (χ3n) is 2.73. The van der Waals surface area contributed by atoms with E-state index in [1.165, 1.54) is 0 Å². The van der Waals surface area contributed by atoms with Crippen LogP contribution in [0.3, 0.4) is 0 Å². The van der Waals surface area contributed by atoms with E-state index in [1.54, 1.807) is 12.4 Å². The number of aliphatic imine (C=N–C) groups is 2. The van der Waals surface area contributed by atoms with Crippen molar-refractivity contribution in [3.8, 4) is 0 Å². The zero-order chi connectivity index (χ0) is 14.0. The summed E-state index contributed by atoms with van der Waals surface area (Å²) in [4.78, 5) is 8.51. The maximum atomic E-state index is 9.85. The number of allylic oxidation sites excluding steroid dienone is 1. The van der Waals surface area contributed by atoms with Gasteiger partial charge in [-0.25, -0.2) is 9.98 Å². The molecule has 0 fully saturated rings. The monoisotopic (exact) mass is 261 g/mol. The van der Waals surface area contributed by atoms with Crippen LogP contribution in [0.25, 0.3) is 0 Å². The van der Waals surface area contributed by atoms with E-state index >= 15 is 0 Å². The Labute approximate surface area is 112 Å². The molecule has 1 aromatic rings. The summed E-state index contributed by atoms with van der Waals surface area (Å²) in [5.74, 6) is 2.09. The van der Waals surface area contributed by atoms with E-state index < -0.39 is 0 Å². The van der Waals surface area contributed by atoms with E-state index in [9.17, 15) is 5.21 Å². The fourth-order valence-electron chi connectivity index (χ4n) is 1.50. The van der Waals surface area contributed by atoms with Crippen LogP contribution in [0.5, 0.6) is 0 Å². The number of furan rings is 1. The molecule has 0 aromatic carbocycles. The van der Waals surface area contributed by atoms with Crippen LogP contribution < -0.4 is 0 Å². The largest absolute Gasteiger partial charge is 0.458 e. The zero-order valence-electron chi connectivity index (χ0n) is 11.7. The van der Waals surface area contributed by atoms with Crippen molar-refractivity contribution in [1.29, 1.82) is 0 Å². The summed E-state index contributed by atoms with van der Waals surface area (Å²) in [6, 6.07) is 3.78. The molecule has 0 radical (unpaired) electrons. The first-order valence-corrected chi connectivity index (χ1v) is 6.32. The molecule has 2 heterocycles. The van der Waals surface area contributed by atoms with Gasteiger partial charge in [0, 0.05) is 6.42 Å². The van der Waals surface area contributed by atoms with Gasteiger partial charge in [-0.05, 0) is 32.9 Å². The Morgan fingerprint density at radius 3 is 2.68 bits per heavy atom. The van der Waals surface area contributed by atoms with Crippen LogP contribution in [0, 0.1) is 0 Å². The van der Waals surface area contributed by atoms with Gasteiger partial charge in [-0.15, -0.1) is 0 Å². The lowest BCUT2D eigenvalue weighted by Crippen LogP contribution is -2.34.